The fourth-order valence-electron chi connectivity index (χ4n) is 1.56. The van der Waals surface area contributed by atoms with Crippen LogP contribution in [-0.4, -0.2) is 32.5 Å². The number of halogens is 8. The molecule has 0 radical (unpaired) electrons. The maximum Gasteiger partial charge on any atom is 0.378 e. The lowest BCUT2D eigenvalue weighted by Crippen LogP contribution is -2.62. The Labute approximate surface area is 114 Å². The first kappa shape index (κ1) is 19.7. The highest BCUT2D eigenvalue weighted by molar-refractivity contribution is 6.55. The van der Waals surface area contributed by atoms with E-state index in [2.05, 4.69) is 0 Å². The zero-order valence-electron chi connectivity index (χ0n) is 11.4. The first-order valence-corrected chi connectivity index (χ1v) is 9.36. The monoisotopic (exact) mass is 330 g/mol. The van der Waals surface area contributed by atoms with Crippen molar-refractivity contribution in [3.8, 4) is 0 Å². The third kappa shape index (κ3) is 3.65. The largest absolute Gasteiger partial charge is 0.378 e. The van der Waals surface area contributed by atoms with Gasteiger partial charge in [-0.1, -0.05) is 32.5 Å². The summed E-state index contributed by atoms with van der Waals surface area (Å²) in [6.45, 7) is 4.21. The molecule has 0 saturated carbocycles. The van der Waals surface area contributed by atoms with Crippen molar-refractivity contribution in [2.45, 2.75) is 69.0 Å². The summed E-state index contributed by atoms with van der Waals surface area (Å²) >= 11 is 0. The fourth-order valence-corrected chi connectivity index (χ4v) is 2.50. The lowest BCUT2D eigenvalue weighted by Gasteiger charge is -2.37. The molecule has 0 spiro atoms. The molecular weight excluding hydrogens is 312 g/mol. The molecule has 0 fully saturated rings. The normalized spacial score (nSPS) is 15.0. The molecule has 0 aromatic carbocycles. The van der Waals surface area contributed by atoms with E-state index < -0.39 is 51.7 Å². The molecule has 0 saturated heterocycles. The van der Waals surface area contributed by atoms with E-state index >= 15 is 0 Å². The SMILES string of the molecule is CCCC(F)(F)C(F)(F)C(F)(F)C(F)(F)CC[SiH](C)C. The van der Waals surface area contributed by atoms with Gasteiger partial charge in [-0.3, -0.25) is 0 Å². The molecule has 20 heavy (non-hydrogen) atoms. The van der Waals surface area contributed by atoms with E-state index in [0.717, 1.165) is 6.92 Å². The predicted molar refractivity (Wildman–Crippen MR) is 63.0 cm³/mol. The third-order valence-electron chi connectivity index (χ3n) is 2.91. The van der Waals surface area contributed by atoms with Gasteiger partial charge in [0.25, 0.3) is 0 Å². The van der Waals surface area contributed by atoms with E-state index in [1.165, 1.54) is 0 Å². The molecule has 0 aromatic rings. The Kier molecular flexibility index (Phi) is 6.08. The van der Waals surface area contributed by atoms with Crippen molar-refractivity contribution >= 4 is 8.80 Å². The molecule has 0 aliphatic carbocycles. The van der Waals surface area contributed by atoms with E-state index in [0.29, 0.717) is 0 Å². The van der Waals surface area contributed by atoms with E-state index in [4.69, 9.17) is 0 Å². The van der Waals surface area contributed by atoms with Gasteiger partial charge in [-0.25, -0.2) is 0 Å². The second kappa shape index (κ2) is 6.19. The first-order valence-electron chi connectivity index (χ1n) is 6.24. The maximum atomic E-state index is 13.3. The van der Waals surface area contributed by atoms with Crippen molar-refractivity contribution < 1.29 is 35.1 Å². The Hall–Kier alpha value is -0.343. The Morgan fingerprint density at radius 3 is 1.35 bits per heavy atom. The molecule has 122 valence electrons. The standard InChI is InChI=1S/C11H18F8Si/c1-4-5-8(12,13)10(16,17)11(18,19)9(14,15)6-7-20(2)3/h20H,4-7H2,1-3H3. The molecule has 0 rings (SSSR count). The lowest BCUT2D eigenvalue weighted by atomic mass is 9.94. The second-order valence-corrected chi connectivity index (χ2v) is 8.61. The average Bonchev–Trinajstić information content (AvgIpc) is 2.25. The van der Waals surface area contributed by atoms with Gasteiger partial charge >= 0.3 is 23.7 Å². The summed E-state index contributed by atoms with van der Waals surface area (Å²) < 4.78 is 106. The van der Waals surface area contributed by atoms with Crippen LogP contribution in [0.15, 0.2) is 0 Å². The van der Waals surface area contributed by atoms with Gasteiger partial charge in [-0.2, -0.15) is 35.1 Å². The molecule has 0 amide bonds. The Morgan fingerprint density at radius 2 is 1.05 bits per heavy atom. The van der Waals surface area contributed by atoms with Crippen molar-refractivity contribution in [2.24, 2.45) is 0 Å². The molecule has 0 atom stereocenters. The number of alkyl halides is 8. The minimum Gasteiger partial charge on any atom is -0.200 e. The van der Waals surface area contributed by atoms with Gasteiger partial charge in [0.05, 0.1) is 0 Å². The third-order valence-corrected chi connectivity index (χ3v) is 4.36. The van der Waals surface area contributed by atoms with E-state index in [-0.39, 0.29) is 6.04 Å². The molecule has 0 aromatic heterocycles. The summed E-state index contributed by atoms with van der Waals surface area (Å²) in [6.07, 6.45) is -3.62. The van der Waals surface area contributed by atoms with Crippen molar-refractivity contribution in [1.82, 2.24) is 0 Å². The predicted octanol–water partition coefficient (Wildman–Crippen LogP) is 5.20. The van der Waals surface area contributed by atoms with Crippen molar-refractivity contribution in [1.29, 1.82) is 0 Å². The van der Waals surface area contributed by atoms with Gasteiger partial charge in [0.2, 0.25) is 0 Å². The van der Waals surface area contributed by atoms with Gasteiger partial charge in [-0.15, -0.1) is 0 Å². The van der Waals surface area contributed by atoms with Crippen LogP contribution in [0.5, 0.6) is 0 Å². The molecular formula is C11H18F8Si. The zero-order chi connectivity index (χ0) is 16.4. The summed E-state index contributed by atoms with van der Waals surface area (Å²) in [7, 11) is -1.70. The molecule has 0 aliphatic rings. The molecule has 9 heteroatoms. The minimum atomic E-state index is -6.09. The molecule has 0 N–H and O–H groups in total. The summed E-state index contributed by atoms with van der Waals surface area (Å²) in [5.41, 5.74) is 0. The van der Waals surface area contributed by atoms with Crippen LogP contribution in [0.3, 0.4) is 0 Å². The molecule has 0 aliphatic heterocycles. The van der Waals surface area contributed by atoms with Gasteiger partial charge < -0.3 is 0 Å². The van der Waals surface area contributed by atoms with E-state index in [1.54, 1.807) is 13.1 Å². The number of hydrogen-bond donors (Lipinski definition) is 0. The lowest BCUT2D eigenvalue weighted by molar-refractivity contribution is -0.367. The Balaban J connectivity index is 5.36. The molecule has 0 heterocycles. The zero-order valence-corrected chi connectivity index (χ0v) is 12.6. The van der Waals surface area contributed by atoms with Crippen LogP contribution in [0.25, 0.3) is 0 Å². The topological polar surface area (TPSA) is 0 Å². The van der Waals surface area contributed by atoms with Gasteiger partial charge in [-0.05, 0) is 0 Å². The van der Waals surface area contributed by atoms with Crippen LogP contribution >= 0.6 is 0 Å². The van der Waals surface area contributed by atoms with Crippen LogP contribution in [0.2, 0.25) is 19.1 Å². The Morgan fingerprint density at radius 1 is 0.700 bits per heavy atom. The maximum absolute atomic E-state index is 13.3. The van der Waals surface area contributed by atoms with Crippen LogP contribution in [0.1, 0.15) is 26.2 Å². The van der Waals surface area contributed by atoms with E-state index in [1.807, 2.05) is 0 Å². The van der Waals surface area contributed by atoms with Gasteiger partial charge in [0.15, 0.2) is 0 Å². The molecule has 0 nitrogen and oxygen atoms in total. The van der Waals surface area contributed by atoms with Crippen LogP contribution < -0.4 is 0 Å². The number of hydrogen-bond acceptors (Lipinski definition) is 0. The highest BCUT2D eigenvalue weighted by Crippen LogP contribution is 2.55. The quantitative estimate of drug-likeness (QED) is 0.424. The Bertz CT molecular complexity index is 314. The summed E-state index contributed by atoms with van der Waals surface area (Å²) in [6, 6.07) is -0.335. The highest BCUT2D eigenvalue weighted by atomic mass is 28.3. The van der Waals surface area contributed by atoms with E-state index in [9.17, 15) is 35.1 Å². The van der Waals surface area contributed by atoms with Crippen LogP contribution in [0, 0.1) is 0 Å². The highest BCUT2D eigenvalue weighted by Gasteiger charge is 2.79. The van der Waals surface area contributed by atoms with Crippen molar-refractivity contribution in [3.63, 3.8) is 0 Å². The van der Waals surface area contributed by atoms with Crippen LogP contribution in [0.4, 0.5) is 35.1 Å². The summed E-state index contributed by atoms with van der Waals surface area (Å²) in [5, 5.41) is 0. The minimum absolute atomic E-state index is 0.335. The van der Waals surface area contributed by atoms with Crippen molar-refractivity contribution in [3.05, 3.63) is 0 Å². The second-order valence-electron chi connectivity index (χ2n) is 5.24. The van der Waals surface area contributed by atoms with Crippen molar-refractivity contribution in [2.75, 3.05) is 0 Å². The summed E-state index contributed by atoms with van der Waals surface area (Å²) in [5.74, 6) is -22.5. The average molecular weight is 330 g/mol. The summed E-state index contributed by atoms with van der Waals surface area (Å²) in [4.78, 5) is 0. The van der Waals surface area contributed by atoms with Crippen LogP contribution in [-0.2, 0) is 0 Å². The first-order chi connectivity index (χ1) is 8.73. The molecule has 0 bridgehead atoms. The number of rotatable bonds is 8. The smallest absolute Gasteiger partial charge is 0.200 e. The molecule has 0 unspecified atom stereocenters. The van der Waals surface area contributed by atoms with Gasteiger partial charge in [0.1, 0.15) is 0 Å². The fraction of sp³-hybridized carbons (Fsp3) is 1.00. The van der Waals surface area contributed by atoms with Gasteiger partial charge in [0, 0.05) is 21.6 Å².